The molecule has 4 heteroatoms. The molecule has 1 atom stereocenters. The van der Waals surface area contributed by atoms with Crippen LogP contribution in [-0.4, -0.2) is 42.0 Å². The molecular formula is C21H28N4. The van der Waals surface area contributed by atoms with Gasteiger partial charge in [0.05, 0.1) is 0 Å². The number of benzene rings is 1. The number of hydrogen-bond acceptors (Lipinski definition) is 2. The maximum atomic E-state index is 4.87. The van der Waals surface area contributed by atoms with Crippen LogP contribution in [0.4, 0.5) is 0 Å². The summed E-state index contributed by atoms with van der Waals surface area (Å²) in [7, 11) is 0. The molecule has 0 radical (unpaired) electrons. The number of rotatable bonds is 5. The van der Waals surface area contributed by atoms with Crippen LogP contribution in [0.3, 0.4) is 0 Å². The molecule has 1 saturated heterocycles. The monoisotopic (exact) mass is 336 g/mol. The van der Waals surface area contributed by atoms with Crippen LogP contribution in [0.25, 0.3) is 0 Å². The summed E-state index contributed by atoms with van der Waals surface area (Å²) in [6, 6.07) is 12.9. The lowest BCUT2D eigenvalue weighted by molar-refractivity contribution is 0.486. The van der Waals surface area contributed by atoms with E-state index in [-0.39, 0.29) is 0 Å². The van der Waals surface area contributed by atoms with Crippen molar-refractivity contribution in [1.29, 1.82) is 0 Å². The number of aromatic nitrogens is 1. The van der Waals surface area contributed by atoms with E-state index in [1.54, 1.807) is 0 Å². The molecule has 25 heavy (non-hydrogen) atoms. The first kappa shape index (κ1) is 17.5. The van der Waals surface area contributed by atoms with E-state index in [4.69, 9.17) is 4.99 Å². The van der Waals surface area contributed by atoms with Crippen molar-refractivity contribution in [3.05, 3.63) is 65.5 Å². The highest BCUT2D eigenvalue weighted by molar-refractivity contribution is 5.80. The van der Waals surface area contributed by atoms with Gasteiger partial charge in [0.25, 0.3) is 0 Å². The van der Waals surface area contributed by atoms with Crippen molar-refractivity contribution in [2.75, 3.05) is 26.2 Å². The van der Waals surface area contributed by atoms with Crippen LogP contribution in [0.2, 0.25) is 0 Å². The molecule has 1 aromatic heterocycles. The average molecular weight is 336 g/mol. The summed E-state index contributed by atoms with van der Waals surface area (Å²) in [6.07, 6.45) is 5.94. The number of likely N-dealkylation sites (tertiary alicyclic amines) is 1. The van der Waals surface area contributed by atoms with Gasteiger partial charge in [0, 0.05) is 44.5 Å². The molecule has 1 fully saturated rings. The lowest BCUT2D eigenvalue weighted by atomic mass is 9.99. The van der Waals surface area contributed by atoms with Gasteiger partial charge in [-0.15, -0.1) is 0 Å². The highest BCUT2D eigenvalue weighted by Gasteiger charge is 2.25. The Balaban J connectivity index is 1.62. The molecule has 1 N–H and O–H groups in total. The minimum Gasteiger partial charge on any atom is -0.357 e. The molecule has 132 valence electrons. The molecule has 1 aliphatic rings. The number of aliphatic imine (C=N–C) groups is 1. The molecule has 1 unspecified atom stereocenters. The first-order valence-electron chi connectivity index (χ1n) is 9.25. The third-order valence-electron chi connectivity index (χ3n) is 4.87. The zero-order chi connectivity index (χ0) is 17.5. The van der Waals surface area contributed by atoms with Gasteiger partial charge in [0.1, 0.15) is 0 Å². The van der Waals surface area contributed by atoms with Crippen molar-refractivity contribution >= 4 is 5.96 Å². The van der Waals surface area contributed by atoms with Gasteiger partial charge in [-0.2, -0.15) is 0 Å². The molecule has 0 aliphatic carbocycles. The van der Waals surface area contributed by atoms with Gasteiger partial charge < -0.3 is 10.2 Å². The van der Waals surface area contributed by atoms with E-state index < -0.39 is 0 Å². The number of nitrogens with zero attached hydrogens (tertiary/aromatic N) is 3. The van der Waals surface area contributed by atoms with Crippen LogP contribution in [0.5, 0.6) is 0 Å². The maximum absolute atomic E-state index is 4.87. The summed E-state index contributed by atoms with van der Waals surface area (Å²) in [5, 5.41) is 3.46. The van der Waals surface area contributed by atoms with Crippen molar-refractivity contribution < 1.29 is 0 Å². The molecule has 2 aromatic rings. The van der Waals surface area contributed by atoms with Gasteiger partial charge in [-0.3, -0.25) is 9.98 Å². The number of nitrogens with one attached hydrogen (secondary N) is 1. The third kappa shape index (κ3) is 4.59. The predicted molar refractivity (Wildman–Crippen MR) is 104 cm³/mol. The topological polar surface area (TPSA) is 40.5 Å². The third-order valence-corrected chi connectivity index (χ3v) is 4.87. The Bertz CT molecular complexity index is 696. The van der Waals surface area contributed by atoms with Crippen LogP contribution in [0.15, 0.2) is 53.8 Å². The molecule has 0 saturated carbocycles. The molecule has 0 bridgehead atoms. The van der Waals surface area contributed by atoms with Crippen molar-refractivity contribution in [2.45, 2.75) is 32.6 Å². The molecule has 0 amide bonds. The quantitative estimate of drug-likeness (QED) is 0.672. The van der Waals surface area contributed by atoms with Crippen LogP contribution in [0.1, 0.15) is 36.0 Å². The highest BCUT2D eigenvalue weighted by atomic mass is 15.3. The predicted octanol–water partition coefficient (Wildman–Crippen LogP) is 3.39. The average Bonchev–Trinajstić information content (AvgIpc) is 3.13. The van der Waals surface area contributed by atoms with Crippen LogP contribution in [-0.2, 0) is 6.42 Å². The first-order valence-corrected chi connectivity index (χ1v) is 9.25. The number of pyridine rings is 1. The Morgan fingerprint density at radius 1 is 1.28 bits per heavy atom. The Morgan fingerprint density at radius 3 is 2.88 bits per heavy atom. The van der Waals surface area contributed by atoms with Gasteiger partial charge in [-0.25, -0.2) is 0 Å². The fourth-order valence-electron chi connectivity index (χ4n) is 3.44. The van der Waals surface area contributed by atoms with E-state index in [0.717, 1.165) is 38.6 Å². The fraction of sp³-hybridized carbons (Fsp3) is 0.429. The summed E-state index contributed by atoms with van der Waals surface area (Å²) >= 11 is 0. The summed E-state index contributed by atoms with van der Waals surface area (Å²) in [5.41, 5.74) is 4.01. The second kappa shape index (κ2) is 8.65. The summed E-state index contributed by atoms with van der Waals surface area (Å²) in [5.74, 6) is 1.65. The fourth-order valence-corrected chi connectivity index (χ4v) is 3.44. The SMILES string of the molecule is CCNC(=NCCc1ccncc1C)N1CCC(c2ccccc2)C1. The Labute approximate surface area is 151 Å². The van der Waals surface area contributed by atoms with E-state index in [0.29, 0.717) is 5.92 Å². The summed E-state index contributed by atoms with van der Waals surface area (Å²) in [4.78, 5) is 11.4. The normalized spacial score (nSPS) is 17.8. The first-order chi connectivity index (χ1) is 12.3. The lowest BCUT2D eigenvalue weighted by Crippen LogP contribution is -2.40. The minimum absolute atomic E-state index is 0.604. The van der Waals surface area contributed by atoms with Gasteiger partial charge in [0.2, 0.25) is 0 Å². The van der Waals surface area contributed by atoms with E-state index >= 15 is 0 Å². The Hall–Kier alpha value is -2.36. The van der Waals surface area contributed by atoms with Gasteiger partial charge in [-0.05, 0) is 49.4 Å². The zero-order valence-electron chi connectivity index (χ0n) is 15.3. The molecule has 1 aliphatic heterocycles. The van der Waals surface area contributed by atoms with Gasteiger partial charge in [0.15, 0.2) is 5.96 Å². The van der Waals surface area contributed by atoms with E-state index in [2.05, 4.69) is 65.4 Å². The van der Waals surface area contributed by atoms with Crippen LogP contribution < -0.4 is 5.32 Å². The Kier molecular flexibility index (Phi) is 6.04. The van der Waals surface area contributed by atoms with E-state index in [1.165, 1.54) is 23.1 Å². The second-order valence-corrected chi connectivity index (χ2v) is 6.63. The van der Waals surface area contributed by atoms with Crippen molar-refractivity contribution in [3.8, 4) is 0 Å². The molecule has 3 rings (SSSR count). The Morgan fingerprint density at radius 2 is 2.12 bits per heavy atom. The summed E-state index contributed by atoms with van der Waals surface area (Å²) in [6.45, 7) is 8.07. The number of hydrogen-bond donors (Lipinski definition) is 1. The molecule has 1 aromatic carbocycles. The second-order valence-electron chi connectivity index (χ2n) is 6.63. The van der Waals surface area contributed by atoms with Crippen molar-refractivity contribution in [1.82, 2.24) is 15.2 Å². The van der Waals surface area contributed by atoms with Crippen LogP contribution in [0, 0.1) is 6.92 Å². The number of guanidine groups is 1. The largest absolute Gasteiger partial charge is 0.357 e. The lowest BCUT2D eigenvalue weighted by Gasteiger charge is -2.22. The maximum Gasteiger partial charge on any atom is 0.193 e. The molecule has 4 nitrogen and oxygen atoms in total. The van der Waals surface area contributed by atoms with E-state index in [9.17, 15) is 0 Å². The highest BCUT2D eigenvalue weighted by Crippen LogP contribution is 2.26. The van der Waals surface area contributed by atoms with Gasteiger partial charge in [-0.1, -0.05) is 30.3 Å². The smallest absolute Gasteiger partial charge is 0.193 e. The molecule has 0 spiro atoms. The van der Waals surface area contributed by atoms with E-state index in [1.807, 2.05) is 12.4 Å². The number of aryl methyl sites for hydroxylation is 1. The minimum atomic E-state index is 0.604. The van der Waals surface area contributed by atoms with Crippen LogP contribution >= 0.6 is 0 Å². The molecule has 2 heterocycles. The van der Waals surface area contributed by atoms with Crippen molar-refractivity contribution in [2.24, 2.45) is 4.99 Å². The summed E-state index contributed by atoms with van der Waals surface area (Å²) < 4.78 is 0. The standard InChI is InChI=1S/C21H28N4/c1-3-23-21(24-13-10-18-9-12-22-15-17(18)2)25-14-11-20(16-25)19-7-5-4-6-8-19/h4-9,12,15,20H,3,10-11,13-14,16H2,1-2H3,(H,23,24). The zero-order valence-corrected chi connectivity index (χ0v) is 15.3. The molecular weight excluding hydrogens is 308 g/mol. The van der Waals surface area contributed by atoms with Gasteiger partial charge >= 0.3 is 0 Å². The van der Waals surface area contributed by atoms with Crippen molar-refractivity contribution in [3.63, 3.8) is 0 Å².